The van der Waals surface area contributed by atoms with Crippen LogP contribution < -0.4 is 5.32 Å². The second-order valence-corrected chi connectivity index (χ2v) is 2.95. The lowest BCUT2D eigenvalue weighted by molar-refractivity contribution is 0.142. The third-order valence-corrected chi connectivity index (χ3v) is 1.72. The molecule has 0 heterocycles. The Balaban J connectivity index is 2.28. The van der Waals surface area contributed by atoms with E-state index < -0.39 is 6.09 Å². The topological polar surface area (TPSA) is 71.4 Å². The first-order valence-corrected chi connectivity index (χ1v) is 4.91. The van der Waals surface area contributed by atoms with Crippen molar-refractivity contribution in [1.29, 1.82) is 5.41 Å². The minimum atomic E-state index is -0.692. The lowest BCUT2D eigenvalue weighted by Crippen LogP contribution is -2.32. The van der Waals surface area contributed by atoms with Gasteiger partial charge in [-0.3, -0.25) is 5.41 Å². The summed E-state index contributed by atoms with van der Waals surface area (Å²) < 4.78 is 9.61. The van der Waals surface area contributed by atoms with E-state index >= 15 is 0 Å². The molecule has 0 aliphatic heterocycles. The highest BCUT2D eigenvalue weighted by atomic mass is 16.6. The van der Waals surface area contributed by atoms with Gasteiger partial charge in [-0.2, -0.15) is 0 Å². The van der Waals surface area contributed by atoms with E-state index in [9.17, 15) is 4.79 Å². The molecule has 0 saturated heterocycles. The van der Waals surface area contributed by atoms with Gasteiger partial charge in [0.15, 0.2) is 0 Å². The monoisotopic (exact) mass is 222 g/mol. The van der Waals surface area contributed by atoms with E-state index in [1.165, 1.54) is 0 Å². The number of amides is 1. The summed E-state index contributed by atoms with van der Waals surface area (Å²) in [4.78, 5) is 11.1. The Morgan fingerprint density at radius 2 is 2.00 bits per heavy atom. The summed E-state index contributed by atoms with van der Waals surface area (Å²) in [6.07, 6.45) is -0.692. The number of amidine groups is 1. The lowest BCUT2D eigenvalue weighted by Gasteiger charge is -2.07. The minimum Gasteiger partial charge on any atom is -0.465 e. The van der Waals surface area contributed by atoms with Crippen LogP contribution in [0.25, 0.3) is 0 Å². The van der Waals surface area contributed by atoms with Crippen LogP contribution in [0.5, 0.6) is 0 Å². The normalized spacial score (nSPS) is 9.31. The molecule has 0 aliphatic rings. The molecule has 86 valence electrons. The summed E-state index contributed by atoms with van der Waals surface area (Å²) in [5, 5.41) is 9.32. The molecule has 1 amide bonds. The quantitative estimate of drug-likeness (QED) is 0.606. The molecule has 1 aromatic rings. The zero-order valence-electron chi connectivity index (χ0n) is 9.03. The smallest absolute Gasteiger partial charge is 0.415 e. The fourth-order valence-corrected chi connectivity index (χ4v) is 1.03. The number of hydrogen-bond acceptors (Lipinski definition) is 4. The van der Waals surface area contributed by atoms with Crippen LogP contribution in [0, 0.1) is 5.41 Å². The fourth-order valence-electron chi connectivity index (χ4n) is 1.03. The molecule has 2 N–H and O–H groups in total. The van der Waals surface area contributed by atoms with Crippen molar-refractivity contribution in [2.45, 2.75) is 13.5 Å². The molecular formula is C11H14N2O3. The van der Waals surface area contributed by atoms with Crippen molar-refractivity contribution in [2.75, 3.05) is 6.61 Å². The van der Waals surface area contributed by atoms with E-state index in [-0.39, 0.29) is 12.6 Å². The number of benzene rings is 1. The van der Waals surface area contributed by atoms with Gasteiger partial charge in [0.2, 0.25) is 0 Å². The predicted octanol–water partition coefficient (Wildman–Crippen LogP) is 1.88. The number of hydrogen-bond donors (Lipinski definition) is 2. The molecule has 0 radical (unpaired) electrons. The molecule has 5 nitrogen and oxygen atoms in total. The van der Waals surface area contributed by atoms with Crippen LogP contribution in [0.15, 0.2) is 30.3 Å². The van der Waals surface area contributed by atoms with E-state index in [0.29, 0.717) is 6.61 Å². The Hall–Kier alpha value is -2.04. The van der Waals surface area contributed by atoms with Crippen molar-refractivity contribution >= 4 is 12.1 Å². The van der Waals surface area contributed by atoms with Gasteiger partial charge in [-0.1, -0.05) is 30.3 Å². The Morgan fingerprint density at radius 3 is 2.62 bits per heavy atom. The lowest BCUT2D eigenvalue weighted by atomic mass is 10.2. The van der Waals surface area contributed by atoms with Gasteiger partial charge >= 0.3 is 6.09 Å². The second kappa shape index (κ2) is 6.44. The summed E-state index contributed by atoms with van der Waals surface area (Å²) in [5.41, 5.74) is 0.889. The number of carbonyl (C=O) groups is 1. The Labute approximate surface area is 93.9 Å². The van der Waals surface area contributed by atoms with Crippen LogP contribution in [-0.2, 0) is 16.1 Å². The van der Waals surface area contributed by atoms with E-state index in [2.05, 4.69) is 5.32 Å². The van der Waals surface area contributed by atoms with E-state index in [1.807, 2.05) is 30.3 Å². The predicted molar refractivity (Wildman–Crippen MR) is 59.1 cm³/mol. The average Bonchev–Trinajstić information content (AvgIpc) is 2.28. The maximum atomic E-state index is 11.1. The van der Waals surface area contributed by atoms with Crippen molar-refractivity contribution in [3.05, 3.63) is 35.9 Å². The highest BCUT2D eigenvalue weighted by molar-refractivity contribution is 5.88. The summed E-state index contributed by atoms with van der Waals surface area (Å²) >= 11 is 0. The fraction of sp³-hybridized carbons (Fsp3) is 0.273. The van der Waals surface area contributed by atoms with Gasteiger partial charge in [-0.05, 0) is 12.5 Å². The first-order valence-electron chi connectivity index (χ1n) is 4.91. The van der Waals surface area contributed by atoms with Gasteiger partial charge in [0.05, 0.1) is 6.61 Å². The largest absolute Gasteiger partial charge is 0.465 e. The molecule has 0 bridgehead atoms. The number of alkyl carbamates (subject to hydrolysis) is 1. The highest BCUT2D eigenvalue weighted by Crippen LogP contribution is 2.00. The van der Waals surface area contributed by atoms with Gasteiger partial charge in [0, 0.05) is 0 Å². The van der Waals surface area contributed by atoms with Crippen molar-refractivity contribution in [2.24, 2.45) is 0 Å². The second-order valence-electron chi connectivity index (χ2n) is 2.95. The highest BCUT2D eigenvalue weighted by Gasteiger charge is 2.05. The molecule has 0 aromatic heterocycles. The van der Waals surface area contributed by atoms with Crippen molar-refractivity contribution in [3.63, 3.8) is 0 Å². The standard InChI is InChI=1S/C11H14N2O3/c1-2-15-10(12)13-11(14)16-8-9-6-4-3-5-7-9/h3-7H,2,8H2,1H3,(H2,12,13,14). The van der Waals surface area contributed by atoms with Crippen LogP contribution in [0.2, 0.25) is 0 Å². The van der Waals surface area contributed by atoms with Crippen LogP contribution in [0.1, 0.15) is 12.5 Å². The molecule has 1 aromatic carbocycles. The van der Waals surface area contributed by atoms with Crippen LogP contribution in [0.3, 0.4) is 0 Å². The molecule has 0 spiro atoms. The number of carbonyl (C=O) groups excluding carboxylic acids is 1. The summed E-state index contributed by atoms with van der Waals surface area (Å²) in [6.45, 7) is 2.23. The van der Waals surface area contributed by atoms with Crippen molar-refractivity contribution in [1.82, 2.24) is 5.32 Å². The number of nitrogens with one attached hydrogen (secondary N) is 2. The van der Waals surface area contributed by atoms with Gasteiger partial charge in [0.25, 0.3) is 6.02 Å². The molecule has 5 heteroatoms. The van der Waals surface area contributed by atoms with Crippen LogP contribution in [0.4, 0.5) is 4.79 Å². The Bertz CT molecular complexity index is 352. The average molecular weight is 222 g/mol. The minimum absolute atomic E-state index is 0.173. The van der Waals surface area contributed by atoms with Crippen LogP contribution >= 0.6 is 0 Å². The van der Waals surface area contributed by atoms with Gasteiger partial charge < -0.3 is 9.47 Å². The molecular weight excluding hydrogens is 208 g/mol. The van der Waals surface area contributed by atoms with Gasteiger partial charge in [-0.25, -0.2) is 10.1 Å². The molecule has 1 rings (SSSR count). The number of rotatable bonds is 3. The maximum absolute atomic E-state index is 11.1. The zero-order valence-corrected chi connectivity index (χ0v) is 9.03. The summed E-state index contributed by atoms with van der Waals surface area (Å²) in [7, 11) is 0. The Morgan fingerprint density at radius 1 is 1.31 bits per heavy atom. The molecule has 0 atom stereocenters. The first-order chi connectivity index (χ1) is 7.72. The molecule has 0 unspecified atom stereocenters. The van der Waals surface area contributed by atoms with Gasteiger partial charge in [-0.15, -0.1) is 0 Å². The maximum Gasteiger partial charge on any atom is 0.415 e. The Kier molecular flexibility index (Phi) is 4.85. The summed E-state index contributed by atoms with van der Waals surface area (Å²) in [6, 6.07) is 8.99. The molecule has 0 fully saturated rings. The van der Waals surface area contributed by atoms with Gasteiger partial charge in [0.1, 0.15) is 6.61 Å². The van der Waals surface area contributed by atoms with Crippen molar-refractivity contribution in [3.8, 4) is 0 Å². The van der Waals surface area contributed by atoms with Crippen molar-refractivity contribution < 1.29 is 14.3 Å². The SMILES string of the molecule is CCOC(=N)NC(=O)OCc1ccccc1. The third kappa shape index (κ3) is 4.45. The van der Waals surface area contributed by atoms with E-state index in [0.717, 1.165) is 5.56 Å². The molecule has 16 heavy (non-hydrogen) atoms. The van der Waals surface area contributed by atoms with Crippen LogP contribution in [-0.4, -0.2) is 18.7 Å². The van der Waals surface area contributed by atoms with E-state index in [1.54, 1.807) is 6.92 Å². The first kappa shape index (κ1) is 12.0. The summed E-state index contributed by atoms with van der Waals surface area (Å²) in [5.74, 6) is 0. The number of ether oxygens (including phenoxy) is 2. The molecule has 0 saturated carbocycles. The molecule has 0 aliphatic carbocycles. The van der Waals surface area contributed by atoms with E-state index in [4.69, 9.17) is 14.9 Å². The zero-order chi connectivity index (χ0) is 11.8. The third-order valence-electron chi connectivity index (χ3n) is 1.72.